The molecule has 2 aromatic rings. The lowest BCUT2D eigenvalue weighted by Crippen LogP contribution is -2.46. The number of methoxy groups -OCH3 is 1. The molecule has 184 valence electrons. The van der Waals surface area contributed by atoms with Crippen molar-refractivity contribution in [2.24, 2.45) is 5.92 Å². The number of rotatable bonds is 4. The monoisotopic (exact) mass is 471 g/mol. The van der Waals surface area contributed by atoms with Crippen molar-refractivity contribution in [3.8, 4) is 5.75 Å². The number of fused-ring (bicyclic) bond motifs is 1. The Morgan fingerprint density at radius 1 is 1.21 bits per heavy atom. The molecule has 0 fully saturated rings. The summed E-state index contributed by atoms with van der Waals surface area (Å²) in [5.74, 6) is -0.169. The minimum Gasteiger partial charge on any atom is -0.491 e. The average molecular weight is 472 g/mol. The fourth-order valence-electron chi connectivity index (χ4n) is 4.20. The van der Waals surface area contributed by atoms with Gasteiger partial charge in [0.05, 0.1) is 11.7 Å². The number of halogens is 1. The molecule has 0 aromatic heterocycles. The van der Waals surface area contributed by atoms with Crippen LogP contribution in [-0.2, 0) is 16.1 Å². The Hall–Kier alpha value is -2.97. The molecule has 1 aliphatic heterocycles. The summed E-state index contributed by atoms with van der Waals surface area (Å²) in [5.41, 5.74) is 1.51. The van der Waals surface area contributed by atoms with Gasteiger partial charge in [-0.15, -0.1) is 0 Å². The summed E-state index contributed by atoms with van der Waals surface area (Å²) in [6.45, 7) is 7.28. The molecule has 0 bridgehead atoms. The lowest BCUT2D eigenvalue weighted by atomic mass is 10.0. The van der Waals surface area contributed by atoms with Crippen molar-refractivity contribution in [3.63, 3.8) is 0 Å². The van der Waals surface area contributed by atoms with E-state index in [0.717, 1.165) is 0 Å². The average Bonchev–Trinajstić information content (AvgIpc) is 2.80. The SMILES string of the molecule is CO[C@@H]1CN(C)C(=O)c2cc(NC(C)=O)ccc2OC[C@@H](C)N(Cc2ccccc2F)C[C@H]1C. The van der Waals surface area contributed by atoms with Gasteiger partial charge in [0, 0.05) is 58.0 Å². The highest BCUT2D eigenvalue weighted by molar-refractivity contribution is 5.99. The van der Waals surface area contributed by atoms with Gasteiger partial charge < -0.3 is 19.7 Å². The molecule has 2 aromatic carbocycles. The van der Waals surface area contributed by atoms with E-state index in [4.69, 9.17) is 9.47 Å². The molecule has 1 aliphatic rings. The van der Waals surface area contributed by atoms with Crippen molar-refractivity contribution in [1.29, 1.82) is 0 Å². The van der Waals surface area contributed by atoms with Crippen LogP contribution in [0, 0.1) is 11.7 Å². The summed E-state index contributed by atoms with van der Waals surface area (Å²) in [4.78, 5) is 28.6. The van der Waals surface area contributed by atoms with Crippen LogP contribution in [0.25, 0.3) is 0 Å². The largest absolute Gasteiger partial charge is 0.491 e. The first-order chi connectivity index (χ1) is 16.2. The third-order valence-corrected chi connectivity index (χ3v) is 6.23. The van der Waals surface area contributed by atoms with Crippen LogP contribution in [-0.4, -0.2) is 67.6 Å². The maximum absolute atomic E-state index is 14.4. The van der Waals surface area contributed by atoms with Gasteiger partial charge in [-0.1, -0.05) is 25.1 Å². The fourth-order valence-corrected chi connectivity index (χ4v) is 4.20. The van der Waals surface area contributed by atoms with Crippen LogP contribution in [0.4, 0.5) is 10.1 Å². The topological polar surface area (TPSA) is 71.1 Å². The van der Waals surface area contributed by atoms with E-state index in [1.54, 1.807) is 49.4 Å². The van der Waals surface area contributed by atoms with Gasteiger partial charge in [-0.2, -0.15) is 0 Å². The van der Waals surface area contributed by atoms with Crippen molar-refractivity contribution in [2.45, 2.75) is 39.5 Å². The van der Waals surface area contributed by atoms with Crippen molar-refractivity contribution < 1.29 is 23.5 Å². The number of hydrogen-bond donors (Lipinski definition) is 1. The zero-order chi connectivity index (χ0) is 24.8. The first kappa shape index (κ1) is 25.6. The standard InChI is InChI=1S/C26H34FN3O4/c1-17-13-30(14-20-8-6-7-9-23(20)27)18(2)16-34-24-11-10-21(28-19(3)31)12-22(24)26(32)29(4)15-25(17)33-5/h6-12,17-18,25H,13-16H2,1-5H3,(H,28,31)/t17-,18-,25-/m1/s1. The van der Waals surface area contributed by atoms with Gasteiger partial charge in [0.15, 0.2) is 0 Å². The van der Waals surface area contributed by atoms with Crippen LogP contribution in [0.15, 0.2) is 42.5 Å². The zero-order valence-electron chi connectivity index (χ0n) is 20.5. The van der Waals surface area contributed by atoms with Gasteiger partial charge >= 0.3 is 0 Å². The highest BCUT2D eigenvalue weighted by atomic mass is 19.1. The normalized spacial score (nSPS) is 22.2. The summed E-state index contributed by atoms with van der Waals surface area (Å²) in [6, 6.07) is 11.8. The molecule has 1 N–H and O–H groups in total. The maximum Gasteiger partial charge on any atom is 0.257 e. The smallest absolute Gasteiger partial charge is 0.257 e. The van der Waals surface area contributed by atoms with E-state index in [1.165, 1.54) is 13.0 Å². The summed E-state index contributed by atoms with van der Waals surface area (Å²) < 4.78 is 26.3. The molecule has 0 unspecified atom stereocenters. The second-order valence-corrected chi connectivity index (χ2v) is 9.01. The van der Waals surface area contributed by atoms with Gasteiger partial charge in [0.2, 0.25) is 5.91 Å². The number of nitrogens with zero attached hydrogens (tertiary/aromatic N) is 2. The number of benzene rings is 2. The Bertz CT molecular complexity index is 1020. The molecule has 0 saturated heterocycles. The summed E-state index contributed by atoms with van der Waals surface area (Å²) in [5, 5.41) is 2.72. The lowest BCUT2D eigenvalue weighted by Gasteiger charge is -2.36. The minimum absolute atomic E-state index is 0.0605. The Balaban J connectivity index is 1.95. The number of ether oxygens (including phenoxy) is 2. The first-order valence-corrected chi connectivity index (χ1v) is 11.5. The molecule has 3 atom stereocenters. The van der Waals surface area contributed by atoms with Crippen LogP contribution in [0.1, 0.15) is 36.7 Å². The fraction of sp³-hybridized carbons (Fsp3) is 0.462. The van der Waals surface area contributed by atoms with E-state index in [1.807, 2.05) is 13.0 Å². The quantitative estimate of drug-likeness (QED) is 0.735. The van der Waals surface area contributed by atoms with Crippen molar-refractivity contribution in [2.75, 3.05) is 39.2 Å². The Morgan fingerprint density at radius 2 is 1.94 bits per heavy atom. The molecular weight excluding hydrogens is 437 g/mol. The van der Waals surface area contributed by atoms with Crippen LogP contribution in [0.5, 0.6) is 5.75 Å². The first-order valence-electron chi connectivity index (χ1n) is 11.5. The number of likely N-dealkylation sites (N-methyl/N-ethyl adjacent to an activating group) is 1. The zero-order valence-corrected chi connectivity index (χ0v) is 20.5. The molecule has 0 spiro atoms. The minimum atomic E-state index is -0.237. The van der Waals surface area contributed by atoms with E-state index >= 15 is 0 Å². The molecule has 8 heteroatoms. The number of carbonyl (C=O) groups is 2. The lowest BCUT2D eigenvalue weighted by molar-refractivity contribution is -0.114. The number of nitrogens with one attached hydrogen (secondary N) is 1. The Morgan fingerprint density at radius 3 is 2.62 bits per heavy atom. The predicted molar refractivity (Wildman–Crippen MR) is 129 cm³/mol. The van der Waals surface area contributed by atoms with E-state index in [-0.39, 0.29) is 35.7 Å². The second kappa shape index (κ2) is 11.4. The summed E-state index contributed by atoms with van der Waals surface area (Å²) in [7, 11) is 3.36. The van der Waals surface area contributed by atoms with Gasteiger partial charge in [0.25, 0.3) is 5.91 Å². The number of amides is 2. The van der Waals surface area contributed by atoms with E-state index < -0.39 is 0 Å². The second-order valence-electron chi connectivity index (χ2n) is 9.01. The van der Waals surface area contributed by atoms with Crippen molar-refractivity contribution in [3.05, 3.63) is 59.4 Å². The number of hydrogen-bond acceptors (Lipinski definition) is 5. The van der Waals surface area contributed by atoms with E-state index in [2.05, 4.69) is 17.1 Å². The molecule has 3 rings (SSSR count). The third-order valence-electron chi connectivity index (χ3n) is 6.23. The van der Waals surface area contributed by atoms with Crippen LogP contribution in [0.2, 0.25) is 0 Å². The van der Waals surface area contributed by atoms with Gasteiger partial charge in [0.1, 0.15) is 18.2 Å². The summed E-state index contributed by atoms with van der Waals surface area (Å²) >= 11 is 0. The van der Waals surface area contributed by atoms with Crippen LogP contribution in [0.3, 0.4) is 0 Å². The highest BCUT2D eigenvalue weighted by Gasteiger charge is 2.28. The number of carbonyl (C=O) groups excluding carboxylic acids is 2. The molecule has 7 nitrogen and oxygen atoms in total. The van der Waals surface area contributed by atoms with Crippen molar-refractivity contribution in [1.82, 2.24) is 9.80 Å². The molecular formula is C26H34FN3O4. The Labute approximate surface area is 200 Å². The van der Waals surface area contributed by atoms with E-state index in [0.29, 0.717) is 48.8 Å². The van der Waals surface area contributed by atoms with Gasteiger partial charge in [-0.05, 0) is 37.1 Å². The molecule has 0 saturated carbocycles. The summed E-state index contributed by atoms with van der Waals surface area (Å²) in [6.07, 6.45) is -0.216. The van der Waals surface area contributed by atoms with Crippen LogP contribution >= 0.6 is 0 Å². The van der Waals surface area contributed by atoms with Gasteiger partial charge in [-0.25, -0.2) is 4.39 Å². The van der Waals surface area contributed by atoms with Crippen molar-refractivity contribution >= 4 is 17.5 Å². The molecule has 2 amide bonds. The van der Waals surface area contributed by atoms with Gasteiger partial charge in [-0.3, -0.25) is 14.5 Å². The van der Waals surface area contributed by atoms with Crippen LogP contribution < -0.4 is 10.1 Å². The predicted octanol–water partition coefficient (Wildman–Crippen LogP) is 3.79. The molecule has 1 heterocycles. The highest BCUT2D eigenvalue weighted by Crippen LogP contribution is 2.27. The Kier molecular flexibility index (Phi) is 8.63. The third kappa shape index (κ3) is 6.33. The molecule has 0 radical (unpaired) electrons. The number of anilines is 1. The maximum atomic E-state index is 14.4. The molecule has 0 aliphatic carbocycles. The van der Waals surface area contributed by atoms with E-state index in [9.17, 15) is 14.0 Å². The molecule has 34 heavy (non-hydrogen) atoms.